The molecule has 0 saturated carbocycles. The Kier molecular flexibility index (Phi) is 7.65. The summed E-state index contributed by atoms with van der Waals surface area (Å²) in [4.78, 5) is 34.4. The van der Waals surface area contributed by atoms with Crippen LogP contribution >= 0.6 is 15.9 Å². The maximum Gasteiger partial charge on any atom is 0.344 e. The van der Waals surface area contributed by atoms with E-state index in [0.29, 0.717) is 21.3 Å². The van der Waals surface area contributed by atoms with Crippen LogP contribution in [0.3, 0.4) is 0 Å². The van der Waals surface area contributed by atoms with Crippen LogP contribution in [0.15, 0.2) is 82.4 Å². The average molecular weight is 498 g/mol. The van der Waals surface area contributed by atoms with Gasteiger partial charge in [-0.25, -0.2) is 10.2 Å². The highest BCUT2D eigenvalue weighted by Crippen LogP contribution is 2.25. The number of carbonyl (C=O) groups excluding carboxylic acids is 2. The lowest BCUT2D eigenvalue weighted by molar-refractivity contribution is -0.385. The lowest BCUT2D eigenvalue weighted by Gasteiger charge is -2.06. The number of hydrazone groups is 1. The van der Waals surface area contributed by atoms with Gasteiger partial charge >= 0.3 is 11.7 Å². The van der Waals surface area contributed by atoms with E-state index in [0.717, 1.165) is 0 Å². The van der Waals surface area contributed by atoms with Gasteiger partial charge in [0.25, 0.3) is 5.91 Å². The second kappa shape index (κ2) is 10.8. The minimum atomic E-state index is -0.592. The second-order valence-corrected chi connectivity index (χ2v) is 7.10. The molecule has 32 heavy (non-hydrogen) atoms. The van der Waals surface area contributed by atoms with Gasteiger partial charge in [0.05, 0.1) is 16.7 Å². The maximum atomic E-state index is 12.2. The van der Waals surface area contributed by atoms with Crippen LogP contribution in [0, 0.1) is 10.1 Å². The number of ether oxygens (including phenoxy) is 2. The van der Waals surface area contributed by atoms with Crippen molar-refractivity contribution < 1.29 is 24.0 Å². The summed E-state index contributed by atoms with van der Waals surface area (Å²) in [6, 6.07) is 19.2. The number of nitro benzene ring substituents is 1. The predicted molar refractivity (Wildman–Crippen MR) is 120 cm³/mol. The van der Waals surface area contributed by atoms with E-state index in [9.17, 15) is 19.7 Å². The molecule has 3 aromatic rings. The highest BCUT2D eigenvalue weighted by Gasteiger charge is 2.15. The summed E-state index contributed by atoms with van der Waals surface area (Å²) in [6.07, 6.45) is 1.39. The van der Waals surface area contributed by atoms with Crippen molar-refractivity contribution in [3.05, 3.63) is 98.5 Å². The van der Waals surface area contributed by atoms with Gasteiger partial charge in [-0.15, -0.1) is 0 Å². The Bertz CT molecular complexity index is 1160. The predicted octanol–water partition coefficient (Wildman–Crippen LogP) is 4.11. The number of hydrogen-bond acceptors (Lipinski definition) is 7. The quantitative estimate of drug-likeness (QED) is 0.164. The van der Waals surface area contributed by atoms with Gasteiger partial charge in [-0.05, 0) is 64.0 Å². The first-order chi connectivity index (χ1) is 15.4. The molecule has 0 unspecified atom stereocenters. The van der Waals surface area contributed by atoms with Crippen LogP contribution in [0.25, 0.3) is 0 Å². The zero-order valence-corrected chi connectivity index (χ0v) is 18.0. The third kappa shape index (κ3) is 6.22. The van der Waals surface area contributed by atoms with E-state index in [-0.39, 0.29) is 11.4 Å². The van der Waals surface area contributed by atoms with Crippen molar-refractivity contribution >= 4 is 39.7 Å². The first-order valence-corrected chi connectivity index (χ1v) is 9.98. The van der Waals surface area contributed by atoms with Crippen molar-refractivity contribution in [2.24, 2.45) is 5.10 Å². The van der Waals surface area contributed by atoms with E-state index >= 15 is 0 Å². The van der Waals surface area contributed by atoms with Gasteiger partial charge in [-0.2, -0.15) is 5.10 Å². The fourth-order valence-corrected chi connectivity index (χ4v) is 2.94. The number of halogens is 1. The number of nitro groups is 1. The Morgan fingerprint density at radius 3 is 2.44 bits per heavy atom. The minimum Gasteiger partial charge on any atom is -0.477 e. The van der Waals surface area contributed by atoms with Gasteiger partial charge in [0, 0.05) is 10.5 Å². The summed E-state index contributed by atoms with van der Waals surface area (Å²) < 4.78 is 11.1. The Balaban J connectivity index is 1.49. The molecule has 0 bridgehead atoms. The SMILES string of the molecule is O=C(COc1ccccc1[N+](=O)[O-])N/N=C/c1ccc(OC(=O)c2ccccc2Br)cc1. The van der Waals surface area contributed by atoms with Crippen LogP contribution in [0.4, 0.5) is 5.69 Å². The zero-order chi connectivity index (χ0) is 22.9. The fourth-order valence-electron chi connectivity index (χ4n) is 2.50. The summed E-state index contributed by atoms with van der Waals surface area (Å²) in [5, 5.41) is 14.7. The first kappa shape index (κ1) is 22.6. The summed E-state index contributed by atoms with van der Waals surface area (Å²) in [7, 11) is 0. The number of benzene rings is 3. The molecule has 1 amide bonds. The summed E-state index contributed by atoms with van der Waals surface area (Å²) in [5.74, 6) is -0.739. The normalized spacial score (nSPS) is 10.5. The number of esters is 1. The van der Waals surface area contributed by atoms with E-state index in [4.69, 9.17) is 9.47 Å². The molecule has 162 valence electrons. The molecule has 10 heteroatoms. The van der Waals surface area contributed by atoms with Crippen LogP contribution < -0.4 is 14.9 Å². The van der Waals surface area contributed by atoms with Crippen molar-refractivity contribution in [1.29, 1.82) is 0 Å². The molecule has 0 aromatic heterocycles. The Labute approximate surface area is 190 Å². The first-order valence-electron chi connectivity index (χ1n) is 9.19. The smallest absolute Gasteiger partial charge is 0.344 e. The molecule has 3 rings (SSSR count). The van der Waals surface area contributed by atoms with Crippen LogP contribution in [-0.4, -0.2) is 29.6 Å². The Hall–Kier alpha value is -4.05. The van der Waals surface area contributed by atoms with Crippen molar-refractivity contribution in [2.75, 3.05) is 6.61 Å². The van der Waals surface area contributed by atoms with Crippen LogP contribution in [0.5, 0.6) is 11.5 Å². The standard InChI is InChI=1S/C22H16BrN3O6/c23-18-6-2-1-5-17(18)22(28)32-16-11-9-15(10-12-16)13-24-25-21(27)14-31-20-8-4-3-7-19(20)26(29)30/h1-13H,14H2,(H,25,27)/b24-13+. The largest absolute Gasteiger partial charge is 0.477 e. The topological polar surface area (TPSA) is 120 Å². The van der Waals surface area contributed by atoms with E-state index in [1.165, 1.54) is 24.4 Å². The Morgan fingerprint density at radius 1 is 1.03 bits per heavy atom. The molecule has 9 nitrogen and oxygen atoms in total. The molecule has 0 aliphatic rings. The summed E-state index contributed by atoms with van der Waals surface area (Å²) in [6.45, 7) is -0.438. The highest BCUT2D eigenvalue weighted by atomic mass is 79.9. The summed E-state index contributed by atoms with van der Waals surface area (Å²) in [5.41, 5.74) is 3.09. The monoisotopic (exact) mass is 497 g/mol. The number of nitrogens with one attached hydrogen (secondary N) is 1. The van der Waals surface area contributed by atoms with Gasteiger partial charge < -0.3 is 9.47 Å². The van der Waals surface area contributed by atoms with Crippen molar-refractivity contribution in [3.8, 4) is 11.5 Å². The minimum absolute atomic E-state index is 0.00991. The molecule has 0 aliphatic carbocycles. The van der Waals surface area contributed by atoms with Gasteiger partial charge in [-0.1, -0.05) is 24.3 Å². The molecule has 0 aliphatic heterocycles. The number of para-hydroxylation sites is 2. The fraction of sp³-hybridized carbons (Fsp3) is 0.0455. The van der Waals surface area contributed by atoms with Gasteiger partial charge in [0.1, 0.15) is 5.75 Å². The number of nitrogens with zero attached hydrogens (tertiary/aromatic N) is 2. The number of carbonyl (C=O) groups is 2. The molecule has 0 heterocycles. The molecule has 3 aromatic carbocycles. The summed E-state index contributed by atoms with van der Waals surface area (Å²) >= 11 is 3.30. The number of rotatable bonds is 8. The third-order valence-corrected chi connectivity index (χ3v) is 4.70. The number of amides is 1. The van der Waals surface area contributed by atoms with E-state index < -0.39 is 23.4 Å². The second-order valence-electron chi connectivity index (χ2n) is 6.25. The molecule has 0 saturated heterocycles. The molecular formula is C22H16BrN3O6. The lowest BCUT2D eigenvalue weighted by atomic mass is 10.2. The van der Waals surface area contributed by atoms with Crippen LogP contribution in [0.2, 0.25) is 0 Å². The Morgan fingerprint density at radius 2 is 1.72 bits per heavy atom. The average Bonchev–Trinajstić information content (AvgIpc) is 2.79. The van der Waals surface area contributed by atoms with Crippen molar-refractivity contribution in [3.63, 3.8) is 0 Å². The lowest BCUT2D eigenvalue weighted by Crippen LogP contribution is -2.24. The highest BCUT2D eigenvalue weighted by molar-refractivity contribution is 9.10. The molecule has 0 radical (unpaired) electrons. The molecule has 0 atom stereocenters. The maximum absolute atomic E-state index is 12.2. The van der Waals surface area contributed by atoms with Gasteiger partial charge in [-0.3, -0.25) is 14.9 Å². The van der Waals surface area contributed by atoms with Crippen molar-refractivity contribution in [2.45, 2.75) is 0 Å². The van der Waals surface area contributed by atoms with Crippen LogP contribution in [0.1, 0.15) is 15.9 Å². The number of hydrogen-bond donors (Lipinski definition) is 1. The zero-order valence-electron chi connectivity index (χ0n) is 16.4. The molecular weight excluding hydrogens is 482 g/mol. The molecule has 0 fully saturated rings. The van der Waals surface area contributed by atoms with E-state index in [1.807, 2.05) is 0 Å². The third-order valence-electron chi connectivity index (χ3n) is 4.01. The van der Waals surface area contributed by atoms with Crippen molar-refractivity contribution in [1.82, 2.24) is 5.43 Å². The van der Waals surface area contributed by atoms with E-state index in [1.54, 1.807) is 54.6 Å². The van der Waals surface area contributed by atoms with E-state index in [2.05, 4.69) is 26.5 Å². The van der Waals surface area contributed by atoms with Crippen LogP contribution in [-0.2, 0) is 4.79 Å². The van der Waals surface area contributed by atoms with Gasteiger partial charge in [0.15, 0.2) is 12.4 Å². The molecule has 0 spiro atoms. The van der Waals surface area contributed by atoms with Gasteiger partial charge in [0.2, 0.25) is 0 Å². The molecule has 1 N–H and O–H groups in total.